The SMILES string of the molecule is CCCC.CCCC.CCCCCC=O.CNC(C)CCCc1c[nH]c2ccc(OC)cc12. The van der Waals surface area contributed by atoms with Gasteiger partial charge < -0.3 is 19.8 Å². The van der Waals surface area contributed by atoms with Gasteiger partial charge in [0.05, 0.1) is 7.11 Å². The first-order valence-corrected chi connectivity index (χ1v) is 13.2. The molecular weight excluding hydrogens is 408 g/mol. The van der Waals surface area contributed by atoms with Gasteiger partial charge in [-0.15, -0.1) is 0 Å². The third kappa shape index (κ3) is 18.3. The molecular formula is C29H54N2O2. The molecule has 0 bridgehead atoms. The van der Waals surface area contributed by atoms with Crippen molar-refractivity contribution in [3.05, 3.63) is 30.0 Å². The second kappa shape index (κ2) is 24.8. The van der Waals surface area contributed by atoms with E-state index in [1.54, 1.807) is 7.11 Å². The maximum atomic E-state index is 9.68. The van der Waals surface area contributed by atoms with Crippen LogP contribution in [0.25, 0.3) is 10.9 Å². The van der Waals surface area contributed by atoms with Gasteiger partial charge in [0.15, 0.2) is 0 Å². The predicted molar refractivity (Wildman–Crippen MR) is 148 cm³/mol. The van der Waals surface area contributed by atoms with Crippen molar-refractivity contribution in [2.45, 2.75) is 118 Å². The Balaban J connectivity index is 0. The quantitative estimate of drug-likeness (QED) is 0.245. The molecule has 1 unspecified atom stereocenters. The van der Waals surface area contributed by atoms with Crippen molar-refractivity contribution >= 4 is 17.2 Å². The molecule has 2 rings (SSSR count). The van der Waals surface area contributed by atoms with E-state index in [0.29, 0.717) is 6.04 Å². The van der Waals surface area contributed by atoms with Crippen molar-refractivity contribution in [3.8, 4) is 5.75 Å². The Bertz CT molecular complexity index is 659. The fourth-order valence-corrected chi connectivity index (χ4v) is 2.71. The summed E-state index contributed by atoms with van der Waals surface area (Å²) in [6.45, 7) is 13.1. The molecule has 1 atom stereocenters. The molecule has 1 aromatic carbocycles. The smallest absolute Gasteiger partial charge is 0.119 e. The molecule has 33 heavy (non-hydrogen) atoms. The maximum absolute atomic E-state index is 9.68. The number of methoxy groups -OCH3 is 1. The number of carbonyl (C=O) groups is 1. The first-order chi connectivity index (χ1) is 16.0. The number of benzene rings is 1. The van der Waals surface area contributed by atoms with E-state index in [1.807, 2.05) is 13.1 Å². The summed E-state index contributed by atoms with van der Waals surface area (Å²) in [5, 5.41) is 4.56. The van der Waals surface area contributed by atoms with Crippen LogP contribution in [0.2, 0.25) is 0 Å². The van der Waals surface area contributed by atoms with Crippen LogP contribution in [0.15, 0.2) is 24.4 Å². The van der Waals surface area contributed by atoms with Crippen LogP contribution in [-0.4, -0.2) is 31.5 Å². The normalized spacial score (nSPS) is 10.7. The van der Waals surface area contributed by atoms with Gasteiger partial charge in [0.25, 0.3) is 0 Å². The van der Waals surface area contributed by atoms with Crippen LogP contribution in [0.4, 0.5) is 0 Å². The zero-order valence-electron chi connectivity index (χ0n) is 23.1. The lowest BCUT2D eigenvalue weighted by molar-refractivity contribution is -0.107. The Morgan fingerprint density at radius 1 is 0.970 bits per heavy atom. The third-order valence-corrected chi connectivity index (χ3v) is 5.48. The Labute approximate surface area is 205 Å². The minimum atomic E-state index is 0.588. The highest BCUT2D eigenvalue weighted by Gasteiger charge is 2.06. The highest BCUT2D eigenvalue weighted by molar-refractivity contribution is 5.84. The Morgan fingerprint density at radius 2 is 1.61 bits per heavy atom. The zero-order chi connectivity index (χ0) is 25.3. The van der Waals surface area contributed by atoms with Crippen LogP contribution in [0, 0.1) is 0 Å². The molecule has 2 aromatic rings. The van der Waals surface area contributed by atoms with Gasteiger partial charge in [-0.1, -0.05) is 73.1 Å². The van der Waals surface area contributed by atoms with Crippen LogP contribution >= 0.6 is 0 Å². The average Bonchev–Trinajstić information content (AvgIpc) is 3.27. The number of hydrogen-bond donors (Lipinski definition) is 2. The highest BCUT2D eigenvalue weighted by Crippen LogP contribution is 2.24. The van der Waals surface area contributed by atoms with Gasteiger partial charge in [-0.2, -0.15) is 0 Å². The fourth-order valence-electron chi connectivity index (χ4n) is 2.71. The molecule has 0 spiro atoms. The van der Waals surface area contributed by atoms with Gasteiger partial charge in [-0.25, -0.2) is 0 Å². The first kappa shape index (κ1) is 33.4. The minimum Gasteiger partial charge on any atom is -0.497 e. The number of aryl methyl sites for hydroxylation is 1. The van der Waals surface area contributed by atoms with Gasteiger partial charge in [0.2, 0.25) is 0 Å². The predicted octanol–water partition coefficient (Wildman–Crippen LogP) is 8.49. The number of unbranched alkanes of at least 4 members (excludes halogenated alkanes) is 5. The van der Waals surface area contributed by atoms with Gasteiger partial charge in [0.1, 0.15) is 12.0 Å². The average molecular weight is 463 g/mol. The summed E-state index contributed by atoms with van der Waals surface area (Å²) in [6.07, 6.45) is 16.1. The number of aromatic nitrogens is 1. The van der Waals surface area contributed by atoms with E-state index in [9.17, 15) is 4.79 Å². The standard InChI is InChI=1S/C15H22N2O.C6H12O.2C4H10/c1-11(16-2)5-4-6-12-10-17-15-8-7-13(18-3)9-14(12)15;1-2-3-4-5-6-7;2*1-3-4-2/h7-11,16-17H,4-6H2,1-3H3;6H,2-5H2,1H3;2*3-4H2,1-2H3. The van der Waals surface area contributed by atoms with Gasteiger partial charge in [-0.3, -0.25) is 0 Å². The summed E-state index contributed by atoms with van der Waals surface area (Å²) in [4.78, 5) is 13.0. The number of rotatable bonds is 12. The molecule has 4 nitrogen and oxygen atoms in total. The van der Waals surface area contributed by atoms with Crippen molar-refractivity contribution in [1.29, 1.82) is 0 Å². The summed E-state index contributed by atoms with van der Waals surface area (Å²) in [6, 6.07) is 6.77. The molecule has 0 aliphatic rings. The Morgan fingerprint density at radius 3 is 2.09 bits per heavy atom. The van der Waals surface area contributed by atoms with E-state index < -0.39 is 0 Å². The lowest BCUT2D eigenvalue weighted by atomic mass is 10.0. The van der Waals surface area contributed by atoms with Crippen LogP contribution in [0.1, 0.15) is 111 Å². The van der Waals surface area contributed by atoms with E-state index in [2.05, 4.69) is 70.2 Å². The summed E-state index contributed by atoms with van der Waals surface area (Å²) in [5.41, 5.74) is 2.57. The molecule has 1 heterocycles. The van der Waals surface area contributed by atoms with Crippen LogP contribution in [0.5, 0.6) is 5.75 Å². The molecule has 0 aliphatic carbocycles. The monoisotopic (exact) mass is 462 g/mol. The Hall–Kier alpha value is -1.81. The number of hydrogen-bond acceptors (Lipinski definition) is 3. The number of aromatic amines is 1. The number of H-pyrrole nitrogens is 1. The molecule has 2 N–H and O–H groups in total. The van der Waals surface area contributed by atoms with Crippen molar-refractivity contribution < 1.29 is 9.53 Å². The summed E-state index contributed by atoms with van der Waals surface area (Å²) >= 11 is 0. The van der Waals surface area contributed by atoms with E-state index in [1.165, 1.54) is 67.8 Å². The van der Waals surface area contributed by atoms with Gasteiger partial charge in [0, 0.05) is 29.6 Å². The van der Waals surface area contributed by atoms with E-state index >= 15 is 0 Å². The topological polar surface area (TPSA) is 54.1 Å². The van der Waals surface area contributed by atoms with Crippen molar-refractivity contribution in [3.63, 3.8) is 0 Å². The lowest BCUT2D eigenvalue weighted by Crippen LogP contribution is -2.20. The highest BCUT2D eigenvalue weighted by atomic mass is 16.5. The molecule has 0 radical (unpaired) electrons. The zero-order valence-corrected chi connectivity index (χ0v) is 23.1. The molecule has 0 amide bonds. The number of aldehydes is 1. The maximum Gasteiger partial charge on any atom is 0.119 e. The molecule has 0 saturated carbocycles. The van der Waals surface area contributed by atoms with Gasteiger partial charge >= 0.3 is 0 Å². The van der Waals surface area contributed by atoms with E-state index in [-0.39, 0.29) is 0 Å². The third-order valence-electron chi connectivity index (χ3n) is 5.48. The second-order valence-corrected chi connectivity index (χ2v) is 8.47. The fraction of sp³-hybridized carbons (Fsp3) is 0.690. The number of ether oxygens (including phenoxy) is 1. The van der Waals surface area contributed by atoms with Crippen LogP contribution in [-0.2, 0) is 11.2 Å². The molecule has 0 aliphatic heterocycles. The van der Waals surface area contributed by atoms with Crippen LogP contribution in [0.3, 0.4) is 0 Å². The number of carbonyl (C=O) groups excluding carboxylic acids is 1. The van der Waals surface area contributed by atoms with Crippen molar-refractivity contribution in [1.82, 2.24) is 10.3 Å². The van der Waals surface area contributed by atoms with Gasteiger partial charge in [-0.05, 0) is 63.4 Å². The Kier molecular flexibility index (Phi) is 25.1. The van der Waals surface area contributed by atoms with E-state index in [4.69, 9.17) is 4.74 Å². The summed E-state index contributed by atoms with van der Waals surface area (Å²) in [5.74, 6) is 0.923. The molecule has 0 fully saturated rings. The largest absolute Gasteiger partial charge is 0.497 e. The van der Waals surface area contributed by atoms with E-state index in [0.717, 1.165) is 31.3 Å². The summed E-state index contributed by atoms with van der Waals surface area (Å²) in [7, 11) is 3.73. The minimum absolute atomic E-state index is 0.588. The molecule has 192 valence electrons. The number of nitrogens with one attached hydrogen (secondary N) is 2. The van der Waals surface area contributed by atoms with Crippen molar-refractivity contribution in [2.75, 3.05) is 14.2 Å². The summed E-state index contributed by atoms with van der Waals surface area (Å²) < 4.78 is 5.28. The van der Waals surface area contributed by atoms with Crippen molar-refractivity contribution in [2.24, 2.45) is 0 Å². The van der Waals surface area contributed by atoms with Crippen LogP contribution < -0.4 is 10.1 Å². The lowest BCUT2D eigenvalue weighted by Gasteiger charge is -2.09. The molecule has 1 aromatic heterocycles. The number of fused-ring (bicyclic) bond motifs is 1. The molecule has 0 saturated heterocycles. The second-order valence-electron chi connectivity index (χ2n) is 8.47. The molecule has 4 heteroatoms. The first-order valence-electron chi connectivity index (χ1n) is 13.2.